The van der Waals surface area contributed by atoms with E-state index in [1.54, 1.807) is 27.0 Å². The van der Waals surface area contributed by atoms with Gasteiger partial charge in [0.25, 0.3) is 5.91 Å². The molecule has 0 aliphatic carbocycles. The van der Waals surface area contributed by atoms with E-state index in [0.29, 0.717) is 28.4 Å². The van der Waals surface area contributed by atoms with Crippen LogP contribution < -0.4 is 0 Å². The third-order valence-corrected chi connectivity index (χ3v) is 3.32. The first-order valence-electron chi connectivity index (χ1n) is 6.77. The number of H-pyrrole nitrogens is 1. The molecule has 114 valence electrons. The Balaban J connectivity index is 1.81. The summed E-state index contributed by atoms with van der Waals surface area (Å²) >= 11 is 0. The fraction of sp³-hybridized carbons (Fsp3) is 0.267. The molecule has 0 saturated heterocycles. The third-order valence-electron chi connectivity index (χ3n) is 3.32. The van der Waals surface area contributed by atoms with Crippen molar-refractivity contribution in [2.24, 2.45) is 0 Å². The highest BCUT2D eigenvalue weighted by atomic mass is 19.1. The number of nitrogens with one attached hydrogen (secondary N) is 1. The van der Waals surface area contributed by atoms with Crippen LogP contribution in [0.25, 0.3) is 11.0 Å². The number of rotatable bonds is 3. The quantitative estimate of drug-likeness (QED) is 0.807. The van der Waals surface area contributed by atoms with E-state index in [1.165, 1.54) is 17.0 Å². The van der Waals surface area contributed by atoms with Crippen molar-refractivity contribution in [3.63, 3.8) is 0 Å². The maximum atomic E-state index is 13.2. The Kier molecular flexibility index (Phi) is 3.40. The van der Waals surface area contributed by atoms with Crippen molar-refractivity contribution in [3.8, 4) is 0 Å². The number of imidazole rings is 1. The first kappa shape index (κ1) is 14.2. The molecule has 1 aromatic carbocycles. The van der Waals surface area contributed by atoms with Gasteiger partial charge >= 0.3 is 0 Å². The van der Waals surface area contributed by atoms with Gasteiger partial charge in [-0.25, -0.2) is 14.4 Å². The summed E-state index contributed by atoms with van der Waals surface area (Å²) in [7, 11) is 1.65. The molecule has 0 radical (unpaired) electrons. The number of benzene rings is 1. The summed E-state index contributed by atoms with van der Waals surface area (Å²) in [6.07, 6.45) is 0. The van der Waals surface area contributed by atoms with Gasteiger partial charge in [0.15, 0.2) is 5.89 Å². The zero-order chi connectivity index (χ0) is 15.9. The lowest BCUT2D eigenvalue weighted by molar-refractivity contribution is 0.0748. The summed E-state index contributed by atoms with van der Waals surface area (Å²) < 4.78 is 18.5. The Morgan fingerprint density at radius 2 is 2.14 bits per heavy atom. The van der Waals surface area contributed by atoms with Crippen molar-refractivity contribution < 1.29 is 13.6 Å². The predicted molar refractivity (Wildman–Crippen MR) is 77.8 cm³/mol. The second-order valence-corrected chi connectivity index (χ2v) is 5.15. The molecule has 6 nitrogen and oxygen atoms in total. The van der Waals surface area contributed by atoms with E-state index in [4.69, 9.17) is 4.42 Å². The average Bonchev–Trinajstić information content (AvgIpc) is 2.99. The second-order valence-electron chi connectivity index (χ2n) is 5.15. The number of aromatic amines is 1. The van der Waals surface area contributed by atoms with Gasteiger partial charge in [-0.1, -0.05) is 0 Å². The minimum Gasteiger partial charge on any atom is -0.436 e. The van der Waals surface area contributed by atoms with E-state index < -0.39 is 0 Å². The average molecular weight is 302 g/mol. The SMILES string of the molecule is Cc1nc(C)c(C(=O)N(C)Cc2nc3ccc(F)cc3[nH]2)o1. The highest BCUT2D eigenvalue weighted by Crippen LogP contribution is 2.16. The van der Waals surface area contributed by atoms with Crippen LogP contribution in [0.15, 0.2) is 22.6 Å². The number of amides is 1. The highest BCUT2D eigenvalue weighted by Gasteiger charge is 2.21. The molecule has 3 rings (SSSR count). The largest absolute Gasteiger partial charge is 0.436 e. The molecule has 0 spiro atoms. The van der Waals surface area contributed by atoms with Crippen molar-refractivity contribution in [1.82, 2.24) is 19.9 Å². The molecule has 0 unspecified atom stereocenters. The second kappa shape index (κ2) is 5.25. The summed E-state index contributed by atoms with van der Waals surface area (Å²) in [5.41, 5.74) is 1.81. The topological polar surface area (TPSA) is 75.0 Å². The van der Waals surface area contributed by atoms with Gasteiger partial charge in [-0.2, -0.15) is 0 Å². The summed E-state index contributed by atoms with van der Waals surface area (Å²) in [6.45, 7) is 3.67. The van der Waals surface area contributed by atoms with Gasteiger partial charge < -0.3 is 14.3 Å². The van der Waals surface area contributed by atoms with Crippen LogP contribution in [0.4, 0.5) is 4.39 Å². The van der Waals surface area contributed by atoms with Crippen molar-refractivity contribution in [2.75, 3.05) is 7.05 Å². The summed E-state index contributed by atoms with van der Waals surface area (Å²) in [4.78, 5) is 25.2. The number of nitrogens with zero attached hydrogens (tertiary/aromatic N) is 3. The molecule has 2 aromatic heterocycles. The van der Waals surface area contributed by atoms with Gasteiger partial charge in [-0.05, 0) is 25.1 Å². The number of oxazole rings is 1. The molecular formula is C15H15FN4O2. The lowest BCUT2D eigenvalue weighted by atomic mass is 10.3. The Bertz CT molecular complexity index is 852. The molecule has 22 heavy (non-hydrogen) atoms. The number of aryl methyl sites for hydroxylation is 2. The highest BCUT2D eigenvalue weighted by molar-refractivity contribution is 5.92. The van der Waals surface area contributed by atoms with Crippen molar-refractivity contribution in [3.05, 3.63) is 47.2 Å². The molecular weight excluding hydrogens is 287 g/mol. The number of hydrogen-bond donors (Lipinski definition) is 1. The maximum absolute atomic E-state index is 13.2. The van der Waals surface area contributed by atoms with Crippen LogP contribution in [0.5, 0.6) is 0 Å². The van der Waals surface area contributed by atoms with E-state index >= 15 is 0 Å². The van der Waals surface area contributed by atoms with Gasteiger partial charge in [0, 0.05) is 14.0 Å². The van der Waals surface area contributed by atoms with Gasteiger partial charge in [-0.3, -0.25) is 4.79 Å². The number of hydrogen-bond acceptors (Lipinski definition) is 4. The van der Waals surface area contributed by atoms with Gasteiger partial charge in [-0.15, -0.1) is 0 Å². The Morgan fingerprint density at radius 1 is 1.36 bits per heavy atom. The van der Waals surface area contributed by atoms with Crippen molar-refractivity contribution >= 4 is 16.9 Å². The van der Waals surface area contributed by atoms with Crippen LogP contribution in [-0.2, 0) is 6.54 Å². The first-order valence-corrected chi connectivity index (χ1v) is 6.77. The van der Waals surface area contributed by atoms with Gasteiger partial charge in [0.2, 0.25) is 5.76 Å². The third kappa shape index (κ3) is 2.57. The van der Waals surface area contributed by atoms with E-state index in [9.17, 15) is 9.18 Å². The molecule has 7 heteroatoms. The number of fused-ring (bicyclic) bond motifs is 1. The fourth-order valence-corrected chi connectivity index (χ4v) is 2.31. The lowest BCUT2D eigenvalue weighted by Gasteiger charge is -2.14. The van der Waals surface area contributed by atoms with Crippen molar-refractivity contribution in [2.45, 2.75) is 20.4 Å². The zero-order valence-corrected chi connectivity index (χ0v) is 12.5. The standard InChI is InChI=1S/C15H15FN4O2/c1-8-14(22-9(2)17-8)15(21)20(3)7-13-18-11-5-4-10(16)6-12(11)19-13/h4-6H,7H2,1-3H3,(H,18,19). The summed E-state index contributed by atoms with van der Waals surface area (Å²) in [6, 6.07) is 4.32. The Morgan fingerprint density at radius 3 is 2.82 bits per heavy atom. The molecule has 2 heterocycles. The molecule has 0 bridgehead atoms. The van der Waals surface area contributed by atoms with Crippen LogP contribution in [0.3, 0.4) is 0 Å². The normalized spacial score (nSPS) is 11.1. The molecule has 0 aliphatic heterocycles. The van der Waals surface area contributed by atoms with Crippen LogP contribution in [0.1, 0.15) is 28.0 Å². The van der Waals surface area contributed by atoms with E-state index in [1.807, 2.05) is 0 Å². The molecule has 0 atom stereocenters. The Labute approximate surface area is 126 Å². The molecule has 0 fully saturated rings. The number of carbonyl (C=O) groups is 1. The van der Waals surface area contributed by atoms with Crippen LogP contribution in [-0.4, -0.2) is 32.8 Å². The molecule has 1 amide bonds. The van der Waals surface area contributed by atoms with Crippen LogP contribution in [0.2, 0.25) is 0 Å². The van der Waals surface area contributed by atoms with E-state index in [-0.39, 0.29) is 24.0 Å². The van der Waals surface area contributed by atoms with E-state index in [0.717, 1.165) is 0 Å². The minimum absolute atomic E-state index is 0.224. The monoisotopic (exact) mass is 302 g/mol. The summed E-state index contributed by atoms with van der Waals surface area (Å²) in [5, 5.41) is 0. The first-order chi connectivity index (χ1) is 10.4. The minimum atomic E-state index is -0.333. The van der Waals surface area contributed by atoms with Crippen molar-refractivity contribution in [1.29, 1.82) is 0 Å². The smallest absolute Gasteiger partial charge is 0.291 e. The van der Waals surface area contributed by atoms with Crippen LogP contribution >= 0.6 is 0 Å². The number of halogens is 1. The molecule has 1 N–H and O–H groups in total. The molecule has 3 aromatic rings. The maximum Gasteiger partial charge on any atom is 0.291 e. The fourth-order valence-electron chi connectivity index (χ4n) is 2.31. The number of aromatic nitrogens is 3. The predicted octanol–water partition coefficient (Wildman–Crippen LogP) is 2.58. The lowest BCUT2D eigenvalue weighted by Crippen LogP contribution is -2.27. The van der Waals surface area contributed by atoms with Gasteiger partial charge in [0.1, 0.15) is 11.6 Å². The van der Waals surface area contributed by atoms with Crippen LogP contribution in [0, 0.1) is 19.7 Å². The zero-order valence-electron chi connectivity index (χ0n) is 12.5. The number of carbonyl (C=O) groups excluding carboxylic acids is 1. The Hall–Kier alpha value is -2.70. The van der Waals surface area contributed by atoms with Gasteiger partial charge in [0.05, 0.1) is 23.3 Å². The van der Waals surface area contributed by atoms with E-state index in [2.05, 4.69) is 15.0 Å². The molecule has 0 saturated carbocycles. The summed E-state index contributed by atoms with van der Waals surface area (Å²) in [5.74, 6) is 0.644. The molecule has 0 aliphatic rings.